The van der Waals surface area contributed by atoms with Gasteiger partial charge in [0, 0.05) is 10.5 Å². The van der Waals surface area contributed by atoms with Gasteiger partial charge in [-0.3, -0.25) is 14.5 Å². The Kier molecular flexibility index (Phi) is 4.96. The molecule has 2 atom stereocenters. The van der Waals surface area contributed by atoms with Crippen molar-refractivity contribution in [2.45, 2.75) is 64.0 Å². The quantitative estimate of drug-likeness (QED) is 0.617. The van der Waals surface area contributed by atoms with Crippen LogP contribution in [0.3, 0.4) is 0 Å². The van der Waals surface area contributed by atoms with Crippen molar-refractivity contribution in [2.24, 2.45) is 23.2 Å². The molecule has 4 aliphatic carbocycles. The highest BCUT2D eigenvalue weighted by Gasteiger charge is 2.54. The predicted octanol–water partition coefficient (Wildman–Crippen LogP) is 3.94. The Morgan fingerprint density at radius 2 is 1.68 bits per heavy atom. The third-order valence-corrected chi connectivity index (χ3v) is 8.91. The van der Waals surface area contributed by atoms with E-state index in [1.807, 2.05) is 12.1 Å². The van der Waals surface area contributed by atoms with Gasteiger partial charge in [0.15, 0.2) is 0 Å². The predicted molar refractivity (Wildman–Crippen MR) is 120 cm³/mol. The van der Waals surface area contributed by atoms with Crippen molar-refractivity contribution in [1.29, 1.82) is 0 Å². The number of halogens is 1. The van der Waals surface area contributed by atoms with Crippen LogP contribution in [0.25, 0.3) is 0 Å². The van der Waals surface area contributed by atoms with Crippen molar-refractivity contribution in [3.8, 4) is 0 Å². The van der Waals surface area contributed by atoms with Gasteiger partial charge in [0.05, 0.1) is 0 Å². The van der Waals surface area contributed by atoms with Crippen LogP contribution in [0.4, 0.5) is 4.79 Å². The molecule has 1 heterocycles. The van der Waals surface area contributed by atoms with Crippen LogP contribution < -0.4 is 10.6 Å². The highest BCUT2D eigenvalue weighted by molar-refractivity contribution is 9.10. The lowest BCUT2D eigenvalue weighted by Crippen LogP contribution is -2.57. The van der Waals surface area contributed by atoms with Crippen LogP contribution in [-0.2, 0) is 15.1 Å². The zero-order chi connectivity index (χ0) is 22.0. The van der Waals surface area contributed by atoms with Crippen molar-refractivity contribution in [1.82, 2.24) is 15.5 Å². The average Bonchev–Trinajstić information content (AvgIpc) is 2.91. The number of benzene rings is 1. The molecule has 1 aromatic carbocycles. The lowest BCUT2D eigenvalue weighted by molar-refractivity contribution is -0.136. The molecule has 1 saturated heterocycles. The van der Waals surface area contributed by atoms with Crippen molar-refractivity contribution in [2.75, 3.05) is 6.54 Å². The number of nitrogens with zero attached hydrogens (tertiary/aromatic N) is 1. The highest BCUT2D eigenvalue weighted by Crippen LogP contribution is 2.61. The van der Waals surface area contributed by atoms with Gasteiger partial charge >= 0.3 is 6.03 Å². The fraction of sp³-hybridized carbons (Fsp3) is 0.625. The number of amides is 4. The van der Waals surface area contributed by atoms with E-state index < -0.39 is 17.5 Å². The number of nitrogens with one attached hydrogen (secondary N) is 2. The van der Waals surface area contributed by atoms with Gasteiger partial charge in [0.1, 0.15) is 12.1 Å². The molecule has 1 aromatic rings. The first kappa shape index (κ1) is 21.0. The second-order valence-corrected chi connectivity index (χ2v) is 11.4. The molecule has 0 unspecified atom stereocenters. The second-order valence-electron chi connectivity index (χ2n) is 10.5. The molecule has 4 bridgehead atoms. The van der Waals surface area contributed by atoms with Crippen molar-refractivity contribution in [3.63, 3.8) is 0 Å². The van der Waals surface area contributed by atoms with Gasteiger partial charge in [-0.2, -0.15) is 0 Å². The van der Waals surface area contributed by atoms with E-state index in [9.17, 15) is 14.4 Å². The van der Waals surface area contributed by atoms with E-state index in [-0.39, 0.29) is 23.9 Å². The van der Waals surface area contributed by atoms with Gasteiger partial charge in [-0.15, -0.1) is 0 Å². The number of carbonyl (C=O) groups is 3. The van der Waals surface area contributed by atoms with E-state index in [4.69, 9.17) is 0 Å². The molecule has 5 fully saturated rings. The van der Waals surface area contributed by atoms with Gasteiger partial charge in [-0.25, -0.2) is 4.79 Å². The van der Waals surface area contributed by atoms with Gasteiger partial charge in [-0.05, 0) is 93.2 Å². The number of urea groups is 1. The molecule has 1 aliphatic heterocycles. The van der Waals surface area contributed by atoms with Crippen LogP contribution in [0.1, 0.15) is 57.9 Å². The van der Waals surface area contributed by atoms with E-state index in [0.29, 0.717) is 5.56 Å². The zero-order valence-corrected chi connectivity index (χ0v) is 19.7. The number of rotatable bonds is 5. The summed E-state index contributed by atoms with van der Waals surface area (Å²) < 4.78 is 0.895. The number of hydrogen-bond donors (Lipinski definition) is 2. The summed E-state index contributed by atoms with van der Waals surface area (Å²) in [6.45, 7) is 3.56. The first-order valence-electron chi connectivity index (χ1n) is 11.4. The Labute approximate surface area is 191 Å². The summed E-state index contributed by atoms with van der Waals surface area (Å²) in [5, 5.41) is 5.94. The Balaban J connectivity index is 1.26. The van der Waals surface area contributed by atoms with Crippen molar-refractivity contribution < 1.29 is 14.4 Å². The van der Waals surface area contributed by atoms with Gasteiger partial charge < -0.3 is 10.6 Å². The minimum atomic E-state index is -1.16. The zero-order valence-electron chi connectivity index (χ0n) is 18.1. The van der Waals surface area contributed by atoms with Gasteiger partial charge in [0.2, 0.25) is 5.91 Å². The van der Waals surface area contributed by atoms with Crippen LogP contribution in [0.2, 0.25) is 0 Å². The van der Waals surface area contributed by atoms with E-state index in [0.717, 1.165) is 27.1 Å². The summed E-state index contributed by atoms with van der Waals surface area (Å²) in [7, 11) is 0. The average molecular weight is 488 g/mol. The maximum Gasteiger partial charge on any atom is 0.325 e. The molecule has 4 amide bonds. The Morgan fingerprint density at radius 1 is 1.13 bits per heavy atom. The van der Waals surface area contributed by atoms with E-state index in [1.165, 1.54) is 38.5 Å². The third kappa shape index (κ3) is 3.49. The minimum absolute atomic E-state index is 0.0621. The maximum absolute atomic E-state index is 13.1. The molecule has 6 nitrogen and oxygen atoms in total. The molecule has 2 N–H and O–H groups in total. The topological polar surface area (TPSA) is 78.5 Å². The monoisotopic (exact) mass is 487 g/mol. The Morgan fingerprint density at radius 3 is 2.23 bits per heavy atom. The molecular weight excluding hydrogens is 458 g/mol. The SMILES string of the molecule is C[C@H](NC(=O)CN1C(=O)N[C@](C)(c2ccc(Br)cc2)C1=O)C12CC3CC(CC(C3)C1)C2. The molecular formula is C24H30BrN3O3. The number of hydrogen-bond acceptors (Lipinski definition) is 3. The minimum Gasteiger partial charge on any atom is -0.352 e. The molecule has 6 rings (SSSR count). The van der Waals surface area contributed by atoms with Crippen LogP contribution in [0, 0.1) is 23.2 Å². The van der Waals surface area contributed by atoms with Crippen LogP contribution in [-0.4, -0.2) is 35.3 Å². The van der Waals surface area contributed by atoms with Crippen LogP contribution in [0.15, 0.2) is 28.7 Å². The van der Waals surface area contributed by atoms with E-state index in [2.05, 4.69) is 33.5 Å². The number of imide groups is 1. The van der Waals surface area contributed by atoms with Crippen LogP contribution in [0.5, 0.6) is 0 Å². The number of carbonyl (C=O) groups excluding carboxylic acids is 3. The molecule has 7 heteroatoms. The fourth-order valence-electron chi connectivity index (χ4n) is 7.11. The maximum atomic E-state index is 13.1. The molecule has 166 valence electrons. The van der Waals surface area contributed by atoms with Crippen molar-refractivity contribution in [3.05, 3.63) is 34.3 Å². The first-order chi connectivity index (χ1) is 14.7. The summed E-state index contributed by atoms with van der Waals surface area (Å²) in [6, 6.07) is 6.83. The summed E-state index contributed by atoms with van der Waals surface area (Å²) in [5.41, 5.74) is -0.282. The summed E-state index contributed by atoms with van der Waals surface area (Å²) >= 11 is 3.39. The molecule has 31 heavy (non-hydrogen) atoms. The Bertz CT molecular complexity index is 895. The second kappa shape index (κ2) is 7.32. The normalized spacial score (nSPS) is 37.1. The standard InChI is InChI=1S/C24H30BrN3O3/c1-14(24-10-15-7-16(11-24)9-17(8-15)12-24)26-20(29)13-28-21(30)23(2,27-22(28)31)18-3-5-19(25)6-4-18/h3-6,14-17H,7-13H2,1-2H3,(H,26,29)(H,27,31)/t14-,15?,16?,17?,23+,24?/m0/s1. The largest absolute Gasteiger partial charge is 0.352 e. The summed E-state index contributed by atoms with van der Waals surface area (Å²) in [4.78, 5) is 39.6. The molecule has 0 radical (unpaired) electrons. The van der Waals surface area contributed by atoms with Gasteiger partial charge in [-0.1, -0.05) is 28.1 Å². The summed E-state index contributed by atoms with van der Waals surface area (Å²) in [5.74, 6) is 1.78. The molecule has 4 saturated carbocycles. The van der Waals surface area contributed by atoms with Gasteiger partial charge in [0.25, 0.3) is 5.91 Å². The van der Waals surface area contributed by atoms with E-state index in [1.54, 1.807) is 19.1 Å². The molecule has 5 aliphatic rings. The Hall–Kier alpha value is -1.89. The summed E-state index contributed by atoms with van der Waals surface area (Å²) in [6.07, 6.45) is 7.67. The first-order valence-corrected chi connectivity index (χ1v) is 12.2. The van der Waals surface area contributed by atoms with E-state index >= 15 is 0 Å². The van der Waals surface area contributed by atoms with Crippen LogP contribution >= 0.6 is 15.9 Å². The smallest absolute Gasteiger partial charge is 0.325 e. The third-order valence-electron chi connectivity index (χ3n) is 8.38. The lowest BCUT2D eigenvalue weighted by atomic mass is 9.48. The molecule has 0 aromatic heterocycles. The highest BCUT2D eigenvalue weighted by atomic mass is 79.9. The van der Waals surface area contributed by atoms with Crippen molar-refractivity contribution >= 4 is 33.8 Å². The fourth-order valence-corrected chi connectivity index (χ4v) is 7.38. The molecule has 0 spiro atoms. The lowest BCUT2D eigenvalue weighted by Gasteiger charge is -2.59.